The summed E-state index contributed by atoms with van der Waals surface area (Å²) in [6.07, 6.45) is 1.82. The molecule has 106 valence electrons. The van der Waals surface area contributed by atoms with Gasteiger partial charge in [-0.1, -0.05) is 6.92 Å². The van der Waals surface area contributed by atoms with Gasteiger partial charge >= 0.3 is 5.97 Å². The smallest absolute Gasteiger partial charge is 0.324 e. The third-order valence-corrected chi connectivity index (χ3v) is 4.78. The van der Waals surface area contributed by atoms with Gasteiger partial charge in [0.25, 0.3) is 0 Å². The second kappa shape index (κ2) is 5.57. The molecule has 1 rings (SSSR count). The quantitative estimate of drug-likeness (QED) is 0.731. The minimum atomic E-state index is -3.33. The molecule has 0 amide bonds. The van der Waals surface area contributed by atoms with Gasteiger partial charge < -0.3 is 4.74 Å². The summed E-state index contributed by atoms with van der Waals surface area (Å²) in [5.41, 5.74) is -0.583. The molecule has 18 heavy (non-hydrogen) atoms. The van der Waals surface area contributed by atoms with Crippen molar-refractivity contribution in [1.29, 1.82) is 0 Å². The average Bonchev–Trinajstić information content (AvgIpc) is 2.63. The number of esters is 1. The zero-order valence-corrected chi connectivity index (χ0v) is 12.4. The van der Waals surface area contributed by atoms with Crippen molar-refractivity contribution in [2.45, 2.75) is 58.6 Å². The van der Waals surface area contributed by atoms with Crippen molar-refractivity contribution in [2.24, 2.45) is 0 Å². The maximum Gasteiger partial charge on any atom is 0.324 e. The minimum absolute atomic E-state index is 0.0896. The highest BCUT2D eigenvalue weighted by Crippen LogP contribution is 2.24. The molecule has 1 saturated heterocycles. The molecule has 0 N–H and O–H groups in total. The lowest BCUT2D eigenvalue weighted by atomic mass is 10.2. The fraction of sp³-hybridized carbons (Fsp3) is 0.917. The molecule has 0 aromatic rings. The summed E-state index contributed by atoms with van der Waals surface area (Å²) < 4.78 is 30.7. The van der Waals surface area contributed by atoms with Crippen molar-refractivity contribution in [3.63, 3.8) is 0 Å². The Morgan fingerprint density at radius 3 is 2.50 bits per heavy atom. The van der Waals surface area contributed by atoms with E-state index in [2.05, 4.69) is 0 Å². The predicted octanol–water partition coefficient (Wildman–Crippen LogP) is 1.53. The maximum atomic E-state index is 12.0. The lowest BCUT2D eigenvalue weighted by Gasteiger charge is -2.26. The zero-order chi connectivity index (χ0) is 14.0. The summed E-state index contributed by atoms with van der Waals surface area (Å²) in [4.78, 5) is 12.0. The molecule has 1 heterocycles. The highest BCUT2D eigenvalue weighted by atomic mass is 32.2. The Morgan fingerprint density at radius 2 is 2.00 bits per heavy atom. The van der Waals surface area contributed by atoms with Gasteiger partial charge in [0.05, 0.1) is 5.75 Å². The first-order valence-corrected chi connectivity index (χ1v) is 8.00. The standard InChI is InChI=1S/C12H23NO4S/c1-5-9-18(15,16)13-8-6-7-10(13)11(14)17-12(2,3)4/h10H,5-9H2,1-4H3/t10-/m0/s1. The van der Waals surface area contributed by atoms with E-state index in [-0.39, 0.29) is 5.75 Å². The number of hydrogen-bond acceptors (Lipinski definition) is 4. The number of carbonyl (C=O) groups is 1. The summed E-state index contributed by atoms with van der Waals surface area (Å²) in [5, 5.41) is 0. The van der Waals surface area contributed by atoms with E-state index < -0.39 is 27.6 Å². The summed E-state index contributed by atoms with van der Waals surface area (Å²) in [5.74, 6) is -0.341. The monoisotopic (exact) mass is 277 g/mol. The van der Waals surface area contributed by atoms with Crippen LogP contribution in [0.2, 0.25) is 0 Å². The molecule has 1 aliphatic heterocycles. The Kier molecular flexibility index (Phi) is 4.78. The number of hydrogen-bond donors (Lipinski definition) is 0. The summed E-state index contributed by atoms with van der Waals surface area (Å²) in [7, 11) is -3.33. The molecule has 0 aliphatic carbocycles. The van der Waals surface area contributed by atoms with Crippen LogP contribution in [0.3, 0.4) is 0 Å². The second-order valence-corrected chi connectivity index (χ2v) is 7.66. The first-order chi connectivity index (χ1) is 8.17. The van der Waals surface area contributed by atoms with Gasteiger partial charge in [-0.15, -0.1) is 0 Å². The molecule has 0 bridgehead atoms. The maximum absolute atomic E-state index is 12.0. The van der Waals surface area contributed by atoms with Crippen molar-refractivity contribution in [2.75, 3.05) is 12.3 Å². The molecular formula is C12H23NO4S. The zero-order valence-electron chi connectivity index (χ0n) is 11.6. The molecule has 1 atom stereocenters. The number of carbonyl (C=O) groups excluding carboxylic acids is 1. The Morgan fingerprint density at radius 1 is 1.39 bits per heavy atom. The van der Waals surface area contributed by atoms with Crippen LogP contribution in [0.25, 0.3) is 0 Å². The summed E-state index contributed by atoms with van der Waals surface area (Å²) in [6, 6.07) is -0.638. The van der Waals surface area contributed by atoms with Crippen LogP contribution < -0.4 is 0 Å². The van der Waals surface area contributed by atoms with Gasteiger partial charge in [0.2, 0.25) is 10.0 Å². The average molecular weight is 277 g/mol. The van der Waals surface area contributed by atoms with E-state index in [0.717, 1.165) is 0 Å². The molecule has 0 unspecified atom stereocenters. The van der Waals surface area contributed by atoms with Crippen LogP contribution in [0, 0.1) is 0 Å². The Bertz CT molecular complexity index is 397. The lowest BCUT2D eigenvalue weighted by Crippen LogP contribution is -2.44. The highest BCUT2D eigenvalue weighted by molar-refractivity contribution is 7.89. The van der Waals surface area contributed by atoms with Crippen LogP contribution in [0.15, 0.2) is 0 Å². The van der Waals surface area contributed by atoms with Crippen LogP contribution in [-0.4, -0.2) is 42.6 Å². The molecule has 0 spiro atoms. The van der Waals surface area contributed by atoms with E-state index in [4.69, 9.17) is 4.74 Å². The summed E-state index contributed by atoms with van der Waals surface area (Å²) in [6.45, 7) is 7.59. The third-order valence-electron chi connectivity index (χ3n) is 2.70. The van der Waals surface area contributed by atoms with Crippen molar-refractivity contribution in [3.05, 3.63) is 0 Å². The van der Waals surface area contributed by atoms with Gasteiger partial charge in [0.15, 0.2) is 0 Å². The Hall–Kier alpha value is -0.620. The van der Waals surface area contributed by atoms with Gasteiger partial charge in [0, 0.05) is 6.54 Å². The van der Waals surface area contributed by atoms with Crippen LogP contribution in [0.5, 0.6) is 0 Å². The minimum Gasteiger partial charge on any atom is -0.459 e. The Balaban J connectivity index is 2.80. The van der Waals surface area contributed by atoms with Gasteiger partial charge in [0.1, 0.15) is 11.6 Å². The molecule has 0 saturated carbocycles. The molecular weight excluding hydrogens is 254 g/mol. The van der Waals surface area contributed by atoms with Gasteiger partial charge in [-0.25, -0.2) is 8.42 Å². The van der Waals surface area contributed by atoms with E-state index in [0.29, 0.717) is 25.8 Å². The van der Waals surface area contributed by atoms with E-state index in [9.17, 15) is 13.2 Å². The summed E-state index contributed by atoms with van der Waals surface area (Å²) >= 11 is 0. The van der Waals surface area contributed by atoms with Crippen LogP contribution in [0.4, 0.5) is 0 Å². The SMILES string of the molecule is CCCS(=O)(=O)N1CCC[C@H]1C(=O)OC(C)(C)C. The third kappa shape index (κ3) is 3.95. The lowest BCUT2D eigenvalue weighted by molar-refractivity contribution is -0.158. The first-order valence-electron chi connectivity index (χ1n) is 6.40. The number of sulfonamides is 1. The van der Waals surface area contributed by atoms with Crippen molar-refractivity contribution in [3.8, 4) is 0 Å². The van der Waals surface area contributed by atoms with E-state index in [1.807, 2.05) is 6.92 Å². The van der Waals surface area contributed by atoms with Crippen LogP contribution in [-0.2, 0) is 19.6 Å². The Labute approximate surface area is 110 Å². The predicted molar refractivity (Wildman–Crippen MR) is 69.7 cm³/mol. The fourth-order valence-electron chi connectivity index (χ4n) is 2.05. The van der Waals surface area contributed by atoms with Crippen LogP contribution in [0.1, 0.15) is 47.0 Å². The van der Waals surface area contributed by atoms with Gasteiger partial charge in [-0.3, -0.25) is 4.79 Å². The number of ether oxygens (including phenoxy) is 1. The van der Waals surface area contributed by atoms with Gasteiger partial charge in [-0.2, -0.15) is 4.31 Å². The second-order valence-electron chi connectivity index (χ2n) is 5.62. The fourth-order valence-corrected chi connectivity index (χ4v) is 3.79. The van der Waals surface area contributed by atoms with Crippen molar-refractivity contribution in [1.82, 2.24) is 4.31 Å². The topological polar surface area (TPSA) is 63.7 Å². The highest BCUT2D eigenvalue weighted by Gasteiger charge is 2.40. The van der Waals surface area contributed by atoms with Crippen LogP contribution >= 0.6 is 0 Å². The number of nitrogens with zero attached hydrogens (tertiary/aromatic N) is 1. The normalized spacial score (nSPS) is 22.1. The van der Waals surface area contributed by atoms with E-state index >= 15 is 0 Å². The molecule has 0 aromatic heterocycles. The van der Waals surface area contributed by atoms with Gasteiger partial charge in [-0.05, 0) is 40.0 Å². The molecule has 6 heteroatoms. The molecule has 1 aliphatic rings. The molecule has 1 fully saturated rings. The first kappa shape index (κ1) is 15.4. The number of rotatable bonds is 4. The molecule has 0 radical (unpaired) electrons. The van der Waals surface area contributed by atoms with E-state index in [1.165, 1.54) is 4.31 Å². The van der Waals surface area contributed by atoms with Crippen molar-refractivity contribution < 1.29 is 17.9 Å². The van der Waals surface area contributed by atoms with Crippen molar-refractivity contribution >= 4 is 16.0 Å². The molecule has 5 nitrogen and oxygen atoms in total. The molecule has 0 aromatic carbocycles. The largest absolute Gasteiger partial charge is 0.459 e. The van der Waals surface area contributed by atoms with E-state index in [1.54, 1.807) is 20.8 Å².